The molecule has 0 saturated heterocycles. The summed E-state index contributed by atoms with van der Waals surface area (Å²) in [5.74, 6) is 0.889. The van der Waals surface area contributed by atoms with Crippen LogP contribution in [0, 0.1) is 0 Å². The molecule has 178 valence electrons. The van der Waals surface area contributed by atoms with Crippen LogP contribution in [0.1, 0.15) is 0 Å². The Hall–Kier alpha value is -4.54. The fourth-order valence-corrected chi connectivity index (χ4v) is 6.43. The molecule has 0 spiro atoms. The van der Waals surface area contributed by atoms with E-state index >= 15 is 0 Å². The Balaban J connectivity index is 1.47. The minimum atomic E-state index is 0.889. The molecular weight excluding hydrogens is 530 g/mol. The van der Waals surface area contributed by atoms with Crippen LogP contribution < -0.4 is 0 Å². The Kier molecular flexibility index (Phi) is 4.67. The highest BCUT2D eigenvalue weighted by atomic mass is 79.9. The standard InChI is InChI=1S/C34H20BrN3/c35-32-25-14-3-1-12-23(25)31(24-13-2-4-15-26(24)32)21-10-9-11-22(20-21)33-36-28-17-6-5-16-27(28)34-37-29-18-7-8-19-30(29)38(33)34/h1-20H. The molecule has 38 heavy (non-hydrogen) atoms. The van der Waals surface area contributed by atoms with Crippen molar-refractivity contribution >= 4 is 65.1 Å². The average Bonchev–Trinajstić information content (AvgIpc) is 3.37. The highest BCUT2D eigenvalue weighted by Crippen LogP contribution is 2.42. The molecule has 0 radical (unpaired) electrons. The van der Waals surface area contributed by atoms with Crippen LogP contribution in [0.25, 0.3) is 71.6 Å². The lowest BCUT2D eigenvalue weighted by Crippen LogP contribution is -1.98. The summed E-state index contributed by atoms with van der Waals surface area (Å²) in [5.41, 5.74) is 7.34. The third kappa shape index (κ3) is 3.07. The van der Waals surface area contributed by atoms with E-state index in [1.165, 1.54) is 27.1 Å². The summed E-state index contributed by atoms with van der Waals surface area (Å²) in [5, 5.41) is 5.91. The van der Waals surface area contributed by atoms with Gasteiger partial charge in [0.2, 0.25) is 0 Å². The number of nitrogens with zero attached hydrogens (tertiary/aromatic N) is 3. The molecule has 4 heteroatoms. The number of hydrogen-bond acceptors (Lipinski definition) is 2. The number of imidazole rings is 1. The van der Waals surface area contributed by atoms with Gasteiger partial charge in [-0.1, -0.05) is 91.0 Å². The number of fused-ring (bicyclic) bond motifs is 7. The van der Waals surface area contributed by atoms with Gasteiger partial charge in [0.25, 0.3) is 0 Å². The van der Waals surface area contributed by atoms with Crippen molar-refractivity contribution in [2.24, 2.45) is 0 Å². The Labute approximate surface area is 227 Å². The lowest BCUT2D eigenvalue weighted by atomic mass is 9.91. The van der Waals surface area contributed by atoms with E-state index in [2.05, 4.69) is 123 Å². The van der Waals surface area contributed by atoms with Crippen LogP contribution in [0.4, 0.5) is 0 Å². The maximum absolute atomic E-state index is 5.18. The molecule has 2 aromatic heterocycles. The van der Waals surface area contributed by atoms with E-state index in [0.717, 1.165) is 49.0 Å². The monoisotopic (exact) mass is 549 g/mol. The number of hydrogen-bond donors (Lipinski definition) is 0. The SMILES string of the molecule is Brc1c2ccccc2c(-c2cccc(-c3nc4ccccc4c4nc5ccccc5n34)c2)c2ccccc12. The van der Waals surface area contributed by atoms with Gasteiger partial charge in [0.05, 0.1) is 16.6 Å². The molecule has 0 aliphatic rings. The maximum atomic E-state index is 5.18. The molecule has 0 fully saturated rings. The minimum absolute atomic E-state index is 0.889. The van der Waals surface area contributed by atoms with E-state index in [4.69, 9.17) is 9.97 Å². The largest absolute Gasteiger partial charge is 0.276 e. The summed E-state index contributed by atoms with van der Waals surface area (Å²) in [4.78, 5) is 10.2. The van der Waals surface area contributed by atoms with Gasteiger partial charge in [-0.25, -0.2) is 9.97 Å². The zero-order valence-electron chi connectivity index (χ0n) is 20.3. The Morgan fingerprint density at radius 3 is 1.82 bits per heavy atom. The molecule has 6 aromatic carbocycles. The van der Waals surface area contributed by atoms with E-state index < -0.39 is 0 Å². The first kappa shape index (κ1) is 21.5. The molecule has 8 aromatic rings. The molecule has 0 aliphatic heterocycles. The van der Waals surface area contributed by atoms with E-state index in [1.807, 2.05) is 18.2 Å². The predicted molar refractivity (Wildman–Crippen MR) is 162 cm³/mol. The fraction of sp³-hybridized carbons (Fsp3) is 0. The number of aromatic nitrogens is 3. The average molecular weight is 550 g/mol. The van der Waals surface area contributed by atoms with Gasteiger partial charge in [0.1, 0.15) is 11.5 Å². The first-order valence-corrected chi connectivity index (χ1v) is 13.4. The van der Waals surface area contributed by atoms with Crippen LogP contribution in [-0.4, -0.2) is 14.4 Å². The molecule has 2 heterocycles. The van der Waals surface area contributed by atoms with Crippen molar-refractivity contribution in [3.8, 4) is 22.5 Å². The third-order valence-corrected chi connectivity index (χ3v) is 8.27. The van der Waals surface area contributed by atoms with Gasteiger partial charge in [-0.15, -0.1) is 0 Å². The van der Waals surface area contributed by atoms with Crippen molar-refractivity contribution in [1.82, 2.24) is 14.4 Å². The van der Waals surface area contributed by atoms with Crippen LogP contribution in [-0.2, 0) is 0 Å². The van der Waals surface area contributed by atoms with Gasteiger partial charge in [-0.3, -0.25) is 4.40 Å². The summed E-state index contributed by atoms with van der Waals surface area (Å²) in [6.45, 7) is 0. The summed E-state index contributed by atoms with van der Waals surface area (Å²) in [6, 6.07) is 42.5. The number of para-hydroxylation sites is 3. The summed E-state index contributed by atoms with van der Waals surface area (Å²) in [6.07, 6.45) is 0. The van der Waals surface area contributed by atoms with Gasteiger partial charge in [-0.05, 0) is 78.9 Å². The highest BCUT2D eigenvalue weighted by Gasteiger charge is 2.17. The summed E-state index contributed by atoms with van der Waals surface area (Å²) in [7, 11) is 0. The van der Waals surface area contributed by atoms with Crippen molar-refractivity contribution in [1.29, 1.82) is 0 Å². The molecule has 0 aliphatic carbocycles. The molecular formula is C34H20BrN3. The molecule has 8 rings (SSSR count). The third-order valence-electron chi connectivity index (χ3n) is 7.42. The molecule has 0 saturated carbocycles. The molecule has 0 N–H and O–H groups in total. The first-order chi connectivity index (χ1) is 18.8. The van der Waals surface area contributed by atoms with E-state index in [0.29, 0.717) is 0 Å². The normalized spacial score (nSPS) is 11.8. The Morgan fingerprint density at radius 1 is 0.500 bits per heavy atom. The van der Waals surface area contributed by atoms with Gasteiger partial charge >= 0.3 is 0 Å². The maximum Gasteiger partial charge on any atom is 0.149 e. The van der Waals surface area contributed by atoms with Gasteiger partial charge in [-0.2, -0.15) is 0 Å². The quantitative estimate of drug-likeness (QED) is 0.201. The van der Waals surface area contributed by atoms with Crippen LogP contribution in [0.3, 0.4) is 0 Å². The van der Waals surface area contributed by atoms with Crippen molar-refractivity contribution in [3.05, 3.63) is 126 Å². The zero-order chi connectivity index (χ0) is 25.2. The van der Waals surface area contributed by atoms with Gasteiger partial charge in [0, 0.05) is 15.4 Å². The summed E-state index contributed by atoms with van der Waals surface area (Å²) >= 11 is 3.89. The van der Waals surface area contributed by atoms with E-state index in [1.54, 1.807) is 0 Å². The number of benzene rings is 6. The van der Waals surface area contributed by atoms with Crippen molar-refractivity contribution in [3.63, 3.8) is 0 Å². The van der Waals surface area contributed by atoms with E-state index in [-0.39, 0.29) is 0 Å². The summed E-state index contributed by atoms with van der Waals surface area (Å²) < 4.78 is 3.33. The number of rotatable bonds is 2. The van der Waals surface area contributed by atoms with Crippen LogP contribution in [0.15, 0.2) is 126 Å². The second-order valence-corrected chi connectivity index (χ2v) is 10.4. The van der Waals surface area contributed by atoms with Crippen molar-refractivity contribution in [2.75, 3.05) is 0 Å². The Morgan fingerprint density at radius 2 is 1.08 bits per heavy atom. The number of halogens is 1. The van der Waals surface area contributed by atoms with Gasteiger partial charge < -0.3 is 0 Å². The predicted octanol–water partition coefficient (Wildman–Crippen LogP) is 9.44. The van der Waals surface area contributed by atoms with E-state index in [9.17, 15) is 0 Å². The van der Waals surface area contributed by atoms with Crippen molar-refractivity contribution in [2.45, 2.75) is 0 Å². The van der Waals surface area contributed by atoms with Crippen LogP contribution >= 0.6 is 15.9 Å². The van der Waals surface area contributed by atoms with Crippen molar-refractivity contribution < 1.29 is 0 Å². The Bertz CT molecular complexity index is 2150. The molecule has 0 bridgehead atoms. The lowest BCUT2D eigenvalue weighted by Gasteiger charge is -2.15. The molecule has 0 unspecified atom stereocenters. The van der Waals surface area contributed by atoms with Crippen LogP contribution in [0.2, 0.25) is 0 Å². The topological polar surface area (TPSA) is 30.2 Å². The molecule has 3 nitrogen and oxygen atoms in total. The second-order valence-electron chi connectivity index (χ2n) is 9.57. The zero-order valence-corrected chi connectivity index (χ0v) is 21.9. The first-order valence-electron chi connectivity index (χ1n) is 12.6. The minimum Gasteiger partial charge on any atom is -0.276 e. The lowest BCUT2D eigenvalue weighted by molar-refractivity contribution is 1.16. The van der Waals surface area contributed by atoms with Crippen LogP contribution in [0.5, 0.6) is 0 Å². The fourth-order valence-electron chi connectivity index (χ4n) is 5.74. The van der Waals surface area contributed by atoms with Gasteiger partial charge in [0.15, 0.2) is 0 Å². The molecule has 0 atom stereocenters. The smallest absolute Gasteiger partial charge is 0.149 e. The highest BCUT2D eigenvalue weighted by molar-refractivity contribution is 9.10. The molecule has 0 amide bonds. The second kappa shape index (κ2) is 8.23.